The van der Waals surface area contributed by atoms with Crippen LogP contribution < -0.4 is 5.32 Å². The summed E-state index contributed by atoms with van der Waals surface area (Å²) in [4.78, 5) is 0. The molecule has 0 radical (unpaired) electrons. The Morgan fingerprint density at radius 1 is 1.22 bits per heavy atom. The van der Waals surface area contributed by atoms with Crippen molar-refractivity contribution >= 4 is 11.8 Å². The van der Waals surface area contributed by atoms with E-state index in [2.05, 4.69) is 49.7 Å². The maximum absolute atomic E-state index is 3.57. The first-order valence-electron chi connectivity index (χ1n) is 7.04. The second kappa shape index (κ2) is 9.46. The monoisotopic (exact) mass is 265 g/mol. The molecule has 0 saturated heterocycles. The van der Waals surface area contributed by atoms with Gasteiger partial charge in [0.05, 0.1) is 0 Å². The van der Waals surface area contributed by atoms with Gasteiger partial charge in [-0.1, -0.05) is 36.8 Å². The van der Waals surface area contributed by atoms with E-state index in [1.54, 1.807) is 0 Å². The van der Waals surface area contributed by atoms with Gasteiger partial charge in [0, 0.05) is 6.54 Å². The largest absolute Gasteiger partial charge is 0.316 e. The van der Waals surface area contributed by atoms with Crippen LogP contribution in [0.4, 0.5) is 0 Å². The Bertz CT molecular complexity index is 297. The van der Waals surface area contributed by atoms with Crippen LogP contribution in [0.25, 0.3) is 0 Å². The fourth-order valence-corrected chi connectivity index (χ4v) is 2.61. The van der Waals surface area contributed by atoms with Gasteiger partial charge >= 0.3 is 0 Å². The van der Waals surface area contributed by atoms with Crippen LogP contribution in [0.5, 0.6) is 0 Å². The highest BCUT2D eigenvalue weighted by Crippen LogP contribution is 2.22. The van der Waals surface area contributed by atoms with Gasteiger partial charge < -0.3 is 5.32 Å². The Kier molecular flexibility index (Phi) is 8.19. The molecule has 0 aliphatic rings. The van der Waals surface area contributed by atoms with E-state index >= 15 is 0 Å². The number of hydrogen-bond donors (Lipinski definition) is 1. The molecular formula is C16H27NS. The van der Waals surface area contributed by atoms with E-state index in [1.165, 1.54) is 36.1 Å². The van der Waals surface area contributed by atoms with Crippen molar-refractivity contribution in [2.75, 3.05) is 25.1 Å². The van der Waals surface area contributed by atoms with Crippen molar-refractivity contribution < 1.29 is 0 Å². The minimum absolute atomic E-state index is 0.671. The third kappa shape index (κ3) is 5.92. The fraction of sp³-hybridized carbons (Fsp3) is 0.625. The zero-order valence-electron chi connectivity index (χ0n) is 12.0. The van der Waals surface area contributed by atoms with E-state index in [-0.39, 0.29) is 0 Å². The molecule has 2 heteroatoms. The molecule has 0 aliphatic heterocycles. The zero-order valence-corrected chi connectivity index (χ0v) is 12.9. The van der Waals surface area contributed by atoms with Gasteiger partial charge in [-0.15, -0.1) is 0 Å². The van der Waals surface area contributed by atoms with E-state index in [9.17, 15) is 0 Å². The quantitative estimate of drug-likeness (QED) is 0.671. The van der Waals surface area contributed by atoms with Crippen molar-refractivity contribution in [2.24, 2.45) is 0 Å². The molecule has 0 saturated carbocycles. The zero-order chi connectivity index (χ0) is 13.2. The summed E-state index contributed by atoms with van der Waals surface area (Å²) in [5, 5.41) is 3.57. The Morgan fingerprint density at radius 2 is 1.94 bits per heavy atom. The molecule has 0 heterocycles. The molecule has 1 unspecified atom stereocenters. The van der Waals surface area contributed by atoms with Gasteiger partial charge in [-0.3, -0.25) is 0 Å². The van der Waals surface area contributed by atoms with Crippen molar-refractivity contribution in [3.63, 3.8) is 0 Å². The summed E-state index contributed by atoms with van der Waals surface area (Å²) in [6.45, 7) is 6.62. The Labute approximate surface area is 117 Å². The summed E-state index contributed by atoms with van der Waals surface area (Å²) in [5.41, 5.74) is 2.84. The standard InChI is InChI=1S/C16H27NS/c1-4-11-17-13-16(6-5-12-18-3)15-9-7-14(2)8-10-15/h7-10,16-17H,4-6,11-13H2,1-3H3. The number of thioether (sulfide) groups is 1. The molecule has 0 amide bonds. The van der Waals surface area contributed by atoms with E-state index in [0.29, 0.717) is 5.92 Å². The van der Waals surface area contributed by atoms with Crippen LogP contribution in [-0.2, 0) is 0 Å². The molecule has 0 spiro atoms. The average molecular weight is 265 g/mol. The van der Waals surface area contributed by atoms with Crippen LogP contribution in [0.15, 0.2) is 24.3 Å². The predicted octanol–water partition coefficient (Wildman–Crippen LogP) is 4.22. The molecule has 1 rings (SSSR count). The molecule has 1 atom stereocenters. The number of rotatable bonds is 9. The van der Waals surface area contributed by atoms with Gasteiger partial charge in [-0.2, -0.15) is 11.8 Å². The Balaban J connectivity index is 2.54. The summed E-state index contributed by atoms with van der Waals surface area (Å²) in [7, 11) is 0. The van der Waals surface area contributed by atoms with Gasteiger partial charge in [0.25, 0.3) is 0 Å². The van der Waals surface area contributed by atoms with Gasteiger partial charge in [0.1, 0.15) is 0 Å². The number of hydrogen-bond acceptors (Lipinski definition) is 2. The van der Waals surface area contributed by atoms with E-state index in [0.717, 1.165) is 13.1 Å². The smallest absolute Gasteiger partial charge is 0.00201 e. The lowest BCUT2D eigenvalue weighted by atomic mass is 9.93. The minimum atomic E-state index is 0.671. The second-order valence-electron chi connectivity index (χ2n) is 4.95. The van der Waals surface area contributed by atoms with Crippen molar-refractivity contribution in [1.29, 1.82) is 0 Å². The molecule has 0 aliphatic carbocycles. The van der Waals surface area contributed by atoms with Crippen LogP contribution in [0, 0.1) is 6.92 Å². The lowest BCUT2D eigenvalue weighted by Gasteiger charge is -2.18. The van der Waals surface area contributed by atoms with Crippen molar-refractivity contribution in [1.82, 2.24) is 5.32 Å². The third-order valence-corrected chi connectivity index (χ3v) is 3.96. The molecule has 0 aromatic heterocycles. The normalized spacial score (nSPS) is 12.6. The van der Waals surface area contributed by atoms with Crippen LogP contribution in [0.3, 0.4) is 0 Å². The lowest BCUT2D eigenvalue weighted by Crippen LogP contribution is -2.22. The van der Waals surface area contributed by atoms with Crippen LogP contribution in [-0.4, -0.2) is 25.1 Å². The molecule has 1 aromatic rings. The van der Waals surface area contributed by atoms with Crippen molar-refractivity contribution in [3.8, 4) is 0 Å². The molecule has 0 bridgehead atoms. The molecule has 1 N–H and O–H groups in total. The Morgan fingerprint density at radius 3 is 2.56 bits per heavy atom. The number of nitrogens with one attached hydrogen (secondary N) is 1. The third-order valence-electron chi connectivity index (χ3n) is 3.27. The van der Waals surface area contributed by atoms with E-state index < -0.39 is 0 Å². The summed E-state index contributed by atoms with van der Waals surface area (Å²) in [5.74, 6) is 1.94. The number of benzene rings is 1. The molecular weight excluding hydrogens is 238 g/mol. The van der Waals surface area contributed by atoms with Crippen LogP contribution in [0.1, 0.15) is 43.2 Å². The maximum atomic E-state index is 3.57. The SMILES string of the molecule is CCCNCC(CCCSC)c1ccc(C)cc1. The molecule has 1 aromatic carbocycles. The lowest BCUT2D eigenvalue weighted by molar-refractivity contribution is 0.544. The summed E-state index contributed by atoms with van der Waals surface area (Å²) in [6, 6.07) is 9.06. The van der Waals surface area contributed by atoms with Crippen molar-refractivity contribution in [3.05, 3.63) is 35.4 Å². The van der Waals surface area contributed by atoms with Gasteiger partial charge in [-0.25, -0.2) is 0 Å². The number of aryl methyl sites for hydroxylation is 1. The minimum Gasteiger partial charge on any atom is -0.316 e. The highest BCUT2D eigenvalue weighted by atomic mass is 32.2. The van der Waals surface area contributed by atoms with E-state index in [1.807, 2.05) is 11.8 Å². The average Bonchev–Trinajstić information content (AvgIpc) is 2.38. The van der Waals surface area contributed by atoms with Gasteiger partial charge in [-0.05, 0) is 56.2 Å². The van der Waals surface area contributed by atoms with Gasteiger partial charge in [0.2, 0.25) is 0 Å². The summed E-state index contributed by atoms with van der Waals surface area (Å²) in [6.07, 6.45) is 6.01. The summed E-state index contributed by atoms with van der Waals surface area (Å²) < 4.78 is 0. The van der Waals surface area contributed by atoms with Crippen molar-refractivity contribution in [2.45, 2.75) is 39.0 Å². The molecule has 18 heavy (non-hydrogen) atoms. The molecule has 1 nitrogen and oxygen atoms in total. The first-order valence-corrected chi connectivity index (χ1v) is 8.43. The van der Waals surface area contributed by atoms with Crippen LogP contribution in [0.2, 0.25) is 0 Å². The summed E-state index contributed by atoms with van der Waals surface area (Å²) >= 11 is 1.95. The van der Waals surface area contributed by atoms with Gasteiger partial charge in [0.15, 0.2) is 0 Å². The first kappa shape index (κ1) is 15.6. The molecule has 0 fully saturated rings. The highest BCUT2D eigenvalue weighted by molar-refractivity contribution is 7.98. The topological polar surface area (TPSA) is 12.0 Å². The first-order chi connectivity index (χ1) is 8.77. The predicted molar refractivity (Wildman–Crippen MR) is 84.7 cm³/mol. The molecule has 102 valence electrons. The Hall–Kier alpha value is -0.470. The maximum Gasteiger partial charge on any atom is 0.00201 e. The fourth-order valence-electron chi connectivity index (χ4n) is 2.15. The van der Waals surface area contributed by atoms with Crippen LogP contribution >= 0.6 is 11.8 Å². The second-order valence-corrected chi connectivity index (χ2v) is 5.93. The van der Waals surface area contributed by atoms with E-state index in [4.69, 9.17) is 0 Å². The highest BCUT2D eigenvalue weighted by Gasteiger charge is 2.10.